The first-order chi connectivity index (χ1) is 7.27. The number of fused-ring (bicyclic) bond motifs is 1. The van der Waals surface area contributed by atoms with Gasteiger partial charge in [-0.05, 0) is 43.2 Å². The lowest BCUT2D eigenvalue weighted by Gasteiger charge is -2.21. The van der Waals surface area contributed by atoms with Crippen LogP contribution in [0, 0.1) is 0 Å². The van der Waals surface area contributed by atoms with Gasteiger partial charge in [0.15, 0.2) is 0 Å². The van der Waals surface area contributed by atoms with E-state index >= 15 is 0 Å². The van der Waals surface area contributed by atoms with E-state index in [0.717, 1.165) is 30.5 Å². The second-order valence-electron chi connectivity index (χ2n) is 4.13. The highest BCUT2D eigenvalue weighted by atomic mass is 16.1. The molecule has 0 spiro atoms. The maximum atomic E-state index is 11.8. The average molecular weight is 206 g/mol. The van der Waals surface area contributed by atoms with Crippen molar-refractivity contribution in [3.63, 3.8) is 0 Å². The van der Waals surface area contributed by atoms with Crippen LogP contribution in [0.25, 0.3) is 0 Å². The number of pyridine rings is 1. The molecule has 1 heterocycles. The number of hydrogen-bond donors (Lipinski definition) is 2. The third kappa shape index (κ3) is 1.72. The fourth-order valence-corrected chi connectivity index (χ4v) is 2.51. The lowest BCUT2D eigenvalue weighted by Crippen LogP contribution is -2.24. The van der Waals surface area contributed by atoms with Crippen LogP contribution in [-0.2, 0) is 25.8 Å². The van der Waals surface area contributed by atoms with Gasteiger partial charge in [-0.2, -0.15) is 0 Å². The van der Waals surface area contributed by atoms with Crippen molar-refractivity contribution in [1.29, 1.82) is 0 Å². The number of nitrogens with one attached hydrogen (secondary N) is 1. The predicted molar refractivity (Wildman–Crippen MR) is 61.0 cm³/mol. The summed E-state index contributed by atoms with van der Waals surface area (Å²) in [6.07, 6.45) is 5.45. The highest BCUT2D eigenvalue weighted by Gasteiger charge is 2.18. The quantitative estimate of drug-likeness (QED) is 0.765. The van der Waals surface area contributed by atoms with Gasteiger partial charge in [0, 0.05) is 17.8 Å². The van der Waals surface area contributed by atoms with Crippen molar-refractivity contribution in [2.75, 3.05) is 0 Å². The van der Waals surface area contributed by atoms with E-state index in [1.165, 1.54) is 24.0 Å². The average Bonchev–Trinajstić information content (AvgIpc) is 2.28. The van der Waals surface area contributed by atoms with Gasteiger partial charge in [0.2, 0.25) is 0 Å². The summed E-state index contributed by atoms with van der Waals surface area (Å²) < 4.78 is 0. The van der Waals surface area contributed by atoms with Gasteiger partial charge >= 0.3 is 0 Å². The van der Waals surface area contributed by atoms with Crippen molar-refractivity contribution in [2.45, 2.75) is 45.6 Å². The number of aryl methyl sites for hydroxylation is 1. The molecular formula is C12H18N2O. The second kappa shape index (κ2) is 4.19. The highest BCUT2D eigenvalue weighted by molar-refractivity contribution is 5.38. The zero-order valence-electron chi connectivity index (χ0n) is 9.23. The molecule has 0 saturated carbocycles. The summed E-state index contributed by atoms with van der Waals surface area (Å²) in [4.78, 5) is 14.7. The SMILES string of the molecule is CCc1[nH]c(=O)c(CN)c2c1CCCC2. The summed E-state index contributed by atoms with van der Waals surface area (Å²) in [6, 6.07) is 0. The summed E-state index contributed by atoms with van der Waals surface area (Å²) in [5.74, 6) is 0. The van der Waals surface area contributed by atoms with Gasteiger partial charge in [-0.3, -0.25) is 4.79 Å². The van der Waals surface area contributed by atoms with Gasteiger partial charge in [-0.1, -0.05) is 6.92 Å². The molecule has 2 rings (SSSR count). The molecule has 1 aromatic heterocycles. The Morgan fingerprint density at radius 2 is 1.93 bits per heavy atom. The zero-order chi connectivity index (χ0) is 10.8. The van der Waals surface area contributed by atoms with Gasteiger partial charge < -0.3 is 10.7 Å². The molecule has 0 fully saturated rings. The van der Waals surface area contributed by atoms with Crippen molar-refractivity contribution in [1.82, 2.24) is 4.98 Å². The predicted octanol–water partition coefficient (Wildman–Crippen LogP) is 1.27. The van der Waals surface area contributed by atoms with E-state index in [1.54, 1.807) is 0 Å². The molecular weight excluding hydrogens is 188 g/mol. The number of aromatic nitrogens is 1. The first kappa shape index (κ1) is 10.4. The minimum Gasteiger partial charge on any atom is -0.326 e. The third-order valence-corrected chi connectivity index (χ3v) is 3.29. The molecule has 0 unspecified atom stereocenters. The minimum atomic E-state index is 0.0231. The third-order valence-electron chi connectivity index (χ3n) is 3.29. The molecule has 0 amide bonds. The molecule has 0 radical (unpaired) electrons. The van der Waals surface area contributed by atoms with Crippen molar-refractivity contribution < 1.29 is 0 Å². The molecule has 15 heavy (non-hydrogen) atoms. The molecule has 1 aromatic rings. The van der Waals surface area contributed by atoms with Crippen molar-refractivity contribution in [2.24, 2.45) is 5.73 Å². The van der Waals surface area contributed by atoms with Gasteiger partial charge in [0.05, 0.1) is 0 Å². The molecule has 3 heteroatoms. The Morgan fingerprint density at radius 3 is 2.53 bits per heavy atom. The van der Waals surface area contributed by atoms with E-state index in [2.05, 4.69) is 11.9 Å². The first-order valence-corrected chi connectivity index (χ1v) is 5.73. The standard InChI is InChI=1S/C12H18N2O/c1-2-11-9-6-4-3-5-8(9)10(7-13)12(15)14-11/h2-7,13H2,1H3,(H,14,15). The minimum absolute atomic E-state index is 0.0231. The number of nitrogens with two attached hydrogens (primary N) is 1. The normalized spacial score (nSPS) is 15.1. The van der Waals surface area contributed by atoms with Crippen LogP contribution in [-0.4, -0.2) is 4.98 Å². The van der Waals surface area contributed by atoms with Gasteiger partial charge in [-0.15, -0.1) is 0 Å². The number of rotatable bonds is 2. The van der Waals surface area contributed by atoms with E-state index in [-0.39, 0.29) is 5.56 Å². The number of aromatic amines is 1. The molecule has 0 bridgehead atoms. The molecule has 0 atom stereocenters. The lowest BCUT2D eigenvalue weighted by atomic mass is 9.87. The number of hydrogen-bond acceptors (Lipinski definition) is 2. The Labute approximate surface area is 89.7 Å². The van der Waals surface area contributed by atoms with Crippen LogP contribution in [0.4, 0.5) is 0 Å². The Bertz CT molecular complexity index is 420. The topological polar surface area (TPSA) is 58.9 Å². The molecule has 1 aliphatic carbocycles. The Balaban J connectivity index is 2.65. The zero-order valence-corrected chi connectivity index (χ0v) is 9.23. The van der Waals surface area contributed by atoms with Crippen LogP contribution in [0.1, 0.15) is 42.1 Å². The van der Waals surface area contributed by atoms with Crippen LogP contribution in [0.5, 0.6) is 0 Å². The van der Waals surface area contributed by atoms with Gasteiger partial charge in [0.1, 0.15) is 0 Å². The largest absolute Gasteiger partial charge is 0.326 e. The number of H-pyrrole nitrogens is 1. The summed E-state index contributed by atoms with van der Waals surface area (Å²) in [5, 5.41) is 0. The Morgan fingerprint density at radius 1 is 1.27 bits per heavy atom. The molecule has 3 nitrogen and oxygen atoms in total. The van der Waals surface area contributed by atoms with Crippen LogP contribution < -0.4 is 11.3 Å². The first-order valence-electron chi connectivity index (χ1n) is 5.73. The smallest absolute Gasteiger partial charge is 0.252 e. The van der Waals surface area contributed by atoms with Crippen molar-refractivity contribution in [3.05, 3.63) is 32.7 Å². The van der Waals surface area contributed by atoms with Crippen LogP contribution in [0.15, 0.2) is 4.79 Å². The molecule has 0 aromatic carbocycles. The maximum Gasteiger partial charge on any atom is 0.252 e. The van der Waals surface area contributed by atoms with E-state index in [1.807, 2.05) is 0 Å². The lowest BCUT2D eigenvalue weighted by molar-refractivity contribution is 0.661. The molecule has 0 aliphatic heterocycles. The Hall–Kier alpha value is -1.09. The van der Waals surface area contributed by atoms with Gasteiger partial charge in [-0.25, -0.2) is 0 Å². The fourth-order valence-electron chi connectivity index (χ4n) is 2.51. The van der Waals surface area contributed by atoms with E-state index in [4.69, 9.17) is 5.73 Å². The summed E-state index contributed by atoms with van der Waals surface area (Å²) in [5.41, 5.74) is 10.2. The fraction of sp³-hybridized carbons (Fsp3) is 0.583. The monoisotopic (exact) mass is 206 g/mol. The van der Waals surface area contributed by atoms with E-state index in [9.17, 15) is 4.79 Å². The summed E-state index contributed by atoms with van der Waals surface area (Å²) >= 11 is 0. The van der Waals surface area contributed by atoms with Gasteiger partial charge in [0.25, 0.3) is 5.56 Å². The van der Waals surface area contributed by atoms with E-state index < -0.39 is 0 Å². The molecule has 1 aliphatic rings. The second-order valence-corrected chi connectivity index (χ2v) is 4.13. The summed E-state index contributed by atoms with van der Waals surface area (Å²) in [7, 11) is 0. The van der Waals surface area contributed by atoms with Crippen molar-refractivity contribution in [3.8, 4) is 0 Å². The molecule has 82 valence electrons. The molecule has 0 saturated heterocycles. The van der Waals surface area contributed by atoms with E-state index in [0.29, 0.717) is 6.54 Å². The molecule has 3 N–H and O–H groups in total. The van der Waals surface area contributed by atoms with Crippen molar-refractivity contribution >= 4 is 0 Å². The Kier molecular flexibility index (Phi) is 2.91. The van der Waals surface area contributed by atoms with Crippen LogP contribution in [0.3, 0.4) is 0 Å². The highest BCUT2D eigenvalue weighted by Crippen LogP contribution is 2.24. The van der Waals surface area contributed by atoms with Crippen LogP contribution in [0.2, 0.25) is 0 Å². The summed E-state index contributed by atoms with van der Waals surface area (Å²) in [6.45, 7) is 2.45. The van der Waals surface area contributed by atoms with Crippen LogP contribution >= 0.6 is 0 Å². The maximum absolute atomic E-state index is 11.8.